The Morgan fingerprint density at radius 3 is 2.67 bits per heavy atom. The Morgan fingerprint density at radius 1 is 1.23 bits per heavy atom. The van der Waals surface area contributed by atoms with E-state index in [-0.39, 0.29) is 36.9 Å². The molecule has 0 aliphatic heterocycles. The van der Waals surface area contributed by atoms with Crippen LogP contribution in [-0.4, -0.2) is 33.1 Å². The third-order valence-electron chi connectivity index (χ3n) is 5.17. The van der Waals surface area contributed by atoms with Gasteiger partial charge in [-0.3, -0.25) is 9.59 Å². The van der Waals surface area contributed by atoms with Crippen molar-refractivity contribution < 1.29 is 23.2 Å². The Morgan fingerprint density at radius 2 is 1.97 bits per heavy atom. The molecule has 0 saturated heterocycles. The van der Waals surface area contributed by atoms with E-state index in [1.807, 2.05) is 19.9 Å². The first-order valence-electron chi connectivity index (χ1n) is 9.88. The first-order chi connectivity index (χ1) is 14.4. The van der Waals surface area contributed by atoms with Crippen LogP contribution < -0.4 is 0 Å². The van der Waals surface area contributed by atoms with Gasteiger partial charge in [0.25, 0.3) is 0 Å². The third kappa shape index (κ3) is 4.32. The van der Waals surface area contributed by atoms with Crippen molar-refractivity contribution in [3.63, 3.8) is 0 Å². The number of aromatic nitrogens is 3. The largest absolute Gasteiger partial charge is 0.457 e. The van der Waals surface area contributed by atoms with Gasteiger partial charge in [0.2, 0.25) is 17.5 Å². The number of ether oxygens (including phenoxy) is 1. The van der Waals surface area contributed by atoms with Gasteiger partial charge in [0.1, 0.15) is 5.82 Å². The van der Waals surface area contributed by atoms with Crippen molar-refractivity contribution in [1.82, 2.24) is 14.7 Å². The van der Waals surface area contributed by atoms with Crippen LogP contribution in [0.1, 0.15) is 52.9 Å². The number of carbonyl (C=O) groups is 2. The minimum absolute atomic E-state index is 0.0133. The molecule has 2 heterocycles. The molecule has 0 atom stereocenters. The molecule has 2 aromatic heterocycles. The zero-order valence-electron chi connectivity index (χ0n) is 16.9. The van der Waals surface area contributed by atoms with Crippen LogP contribution in [0.5, 0.6) is 0 Å². The minimum atomic E-state index is -0.513. The predicted octanol–water partition coefficient (Wildman–Crippen LogP) is 3.99. The lowest BCUT2D eigenvalue weighted by molar-refractivity contribution is -0.142. The molecule has 7 nitrogen and oxygen atoms in total. The molecule has 0 unspecified atom stereocenters. The van der Waals surface area contributed by atoms with Gasteiger partial charge in [-0.05, 0) is 57.0 Å². The summed E-state index contributed by atoms with van der Waals surface area (Å²) in [5, 5.41) is 3.83. The number of esters is 1. The van der Waals surface area contributed by atoms with E-state index in [9.17, 15) is 14.0 Å². The van der Waals surface area contributed by atoms with E-state index in [2.05, 4.69) is 14.7 Å². The van der Waals surface area contributed by atoms with E-state index in [1.165, 1.54) is 12.1 Å². The van der Waals surface area contributed by atoms with Crippen LogP contribution >= 0.6 is 0 Å². The molecule has 8 heteroatoms. The lowest BCUT2D eigenvalue weighted by Crippen LogP contribution is -2.15. The second kappa shape index (κ2) is 8.22. The van der Waals surface area contributed by atoms with Gasteiger partial charge < -0.3 is 13.8 Å². The highest BCUT2D eigenvalue weighted by Crippen LogP contribution is 2.38. The van der Waals surface area contributed by atoms with Gasteiger partial charge in [-0.2, -0.15) is 4.98 Å². The monoisotopic (exact) mass is 411 g/mol. The molecule has 1 saturated carbocycles. The van der Waals surface area contributed by atoms with Crippen molar-refractivity contribution in [2.75, 3.05) is 6.61 Å². The predicted molar refractivity (Wildman–Crippen MR) is 105 cm³/mol. The van der Waals surface area contributed by atoms with Crippen molar-refractivity contribution in [2.24, 2.45) is 0 Å². The molecule has 1 aromatic carbocycles. The highest BCUT2D eigenvalue weighted by Gasteiger charge is 2.28. The van der Waals surface area contributed by atoms with Crippen LogP contribution in [-0.2, 0) is 16.0 Å². The number of hydrogen-bond donors (Lipinski definition) is 0. The third-order valence-corrected chi connectivity index (χ3v) is 5.17. The van der Waals surface area contributed by atoms with Crippen molar-refractivity contribution in [1.29, 1.82) is 0 Å². The van der Waals surface area contributed by atoms with Gasteiger partial charge in [0.15, 0.2) is 6.61 Å². The summed E-state index contributed by atoms with van der Waals surface area (Å²) in [6.45, 7) is 3.62. The van der Waals surface area contributed by atoms with E-state index in [0.29, 0.717) is 23.0 Å². The van der Waals surface area contributed by atoms with Crippen LogP contribution in [0.15, 0.2) is 34.9 Å². The maximum atomic E-state index is 13.0. The summed E-state index contributed by atoms with van der Waals surface area (Å²) in [4.78, 5) is 28.7. The summed E-state index contributed by atoms with van der Waals surface area (Å²) in [5.74, 6) is -0.486. The molecule has 0 spiro atoms. The van der Waals surface area contributed by atoms with Gasteiger partial charge in [0.05, 0.1) is 6.42 Å². The smallest absolute Gasteiger partial charge is 0.306 e. The van der Waals surface area contributed by atoms with Crippen LogP contribution in [0.25, 0.3) is 11.4 Å². The highest BCUT2D eigenvalue weighted by atomic mass is 19.1. The summed E-state index contributed by atoms with van der Waals surface area (Å²) in [6, 6.07) is 8.06. The number of halogens is 1. The summed E-state index contributed by atoms with van der Waals surface area (Å²) in [5.41, 5.74) is 3.20. The van der Waals surface area contributed by atoms with Crippen LogP contribution in [0, 0.1) is 19.7 Å². The first-order valence-corrected chi connectivity index (χ1v) is 9.88. The van der Waals surface area contributed by atoms with Gasteiger partial charge >= 0.3 is 5.97 Å². The molecule has 4 rings (SSSR count). The second-order valence-electron chi connectivity index (χ2n) is 7.49. The maximum absolute atomic E-state index is 13.0. The number of carbonyl (C=O) groups excluding carboxylic acids is 2. The Hall–Kier alpha value is -3.29. The minimum Gasteiger partial charge on any atom is -0.457 e. The highest BCUT2D eigenvalue weighted by molar-refractivity contribution is 5.99. The number of ketones is 1. The molecule has 1 aliphatic rings. The van der Waals surface area contributed by atoms with Crippen molar-refractivity contribution in [3.8, 4) is 11.4 Å². The van der Waals surface area contributed by atoms with E-state index < -0.39 is 5.97 Å². The number of rotatable bonds is 8. The van der Waals surface area contributed by atoms with E-state index in [1.54, 1.807) is 12.1 Å². The fourth-order valence-electron chi connectivity index (χ4n) is 3.53. The molecule has 30 heavy (non-hydrogen) atoms. The van der Waals surface area contributed by atoms with Crippen LogP contribution in [0.3, 0.4) is 0 Å². The van der Waals surface area contributed by atoms with Gasteiger partial charge in [-0.15, -0.1) is 0 Å². The Labute approximate surface area is 172 Å². The molecular weight excluding hydrogens is 389 g/mol. The molecular formula is C22H22FN3O4. The molecule has 0 N–H and O–H groups in total. The molecule has 1 fully saturated rings. The van der Waals surface area contributed by atoms with Crippen LogP contribution in [0.2, 0.25) is 0 Å². The number of aryl methyl sites for hydroxylation is 2. The molecule has 0 radical (unpaired) electrons. The molecule has 3 aromatic rings. The normalized spacial score (nSPS) is 13.4. The number of hydrogen-bond acceptors (Lipinski definition) is 6. The summed E-state index contributed by atoms with van der Waals surface area (Å²) >= 11 is 0. The Balaban J connectivity index is 1.28. The average molecular weight is 411 g/mol. The molecule has 156 valence electrons. The molecule has 0 bridgehead atoms. The average Bonchev–Trinajstić information content (AvgIpc) is 3.36. The first kappa shape index (κ1) is 20.0. The SMILES string of the molecule is Cc1cc(C(=O)COC(=O)CCc2nc(-c3ccc(F)cc3)no2)c(C)n1C1CC1. The fourth-order valence-corrected chi connectivity index (χ4v) is 3.53. The Bertz CT molecular complexity index is 1080. The maximum Gasteiger partial charge on any atom is 0.306 e. The standard InChI is InChI=1S/C22H22FN3O4/c1-13-11-18(14(2)26(13)17-7-8-17)19(27)12-29-21(28)10-9-20-24-22(25-30-20)15-3-5-16(23)6-4-15/h3-6,11,17H,7-10,12H2,1-2H3. The van der Waals surface area contributed by atoms with Crippen molar-refractivity contribution >= 4 is 11.8 Å². The summed E-state index contributed by atoms with van der Waals surface area (Å²) in [6.07, 6.45) is 2.48. The summed E-state index contributed by atoms with van der Waals surface area (Å²) in [7, 11) is 0. The number of nitrogens with zero attached hydrogens (tertiary/aromatic N) is 3. The van der Waals surface area contributed by atoms with Crippen molar-refractivity contribution in [2.45, 2.75) is 45.6 Å². The van der Waals surface area contributed by atoms with Crippen molar-refractivity contribution in [3.05, 3.63) is 59.0 Å². The Kier molecular flexibility index (Phi) is 5.48. The molecule has 0 amide bonds. The zero-order chi connectivity index (χ0) is 21.3. The quantitative estimate of drug-likeness (QED) is 0.411. The van der Waals surface area contributed by atoms with Gasteiger partial charge in [-0.25, -0.2) is 4.39 Å². The number of Topliss-reactive ketones (excluding diaryl/α,β-unsaturated/α-hetero) is 1. The zero-order valence-corrected chi connectivity index (χ0v) is 16.9. The fraction of sp³-hybridized carbons (Fsp3) is 0.364. The lowest BCUT2D eigenvalue weighted by Gasteiger charge is -2.07. The summed E-state index contributed by atoms with van der Waals surface area (Å²) < 4.78 is 25.4. The van der Waals surface area contributed by atoms with Crippen LogP contribution in [0.4, 0.5) is 4.39 Å². The van der Waals surface area contributed by atoms with E-state index in [4.69, 9.17) is 9.26 Å². The molecule has 1 aliphatic carbocycles. The topological polar surface area (TPSA) is 87.2 Å². The van der Waals surface area contributed by atoms with E-state index >= 15 is 0 Å². The van der Waals surface area contributed by atoms with Gasteiger partial charge in [0, 0.05) is 35.0 Å². The second-order valence-corrected chi connectivity index (χ2v) is 7.49. The number of benzene rings is 1. The van der Waals surface area contributed by atoms with Gasteiger partial charge in [-0.1, -0.05) is 5.16 Å². The lowest BCUT2D eigenvalue weighted by atomic mass is 10.1. The van der Waals surface area contributed by atoms with E-state index in [0.717, 1.165) is 24.2 Å².